The van der Waals surface area contributed by atoms with E-state index in [2.05, 4.69) is 228 Å². The van der Waals surface area contributed by atoms with Crippen LogP contribution < -0.4 is 38.2 Å². The molecule has 3 heterocycles. The number of benzene rings is 9. The lowest BCUT2D eigenvalue weighted by Crippen LogP contribution is -2.48. The molecular weight excluding hydrogens is 784 g/mol. The van der Waals surface area contributed by atoms with Gasteiger partial charge >= 0.3 is 0 Å². The molecule has 0 aliphatic carbocycles. The summed E-state index contributed by atoms with van der Waals surface area (Å²) in [6.07, 6.45) is 0. The maximum Gasteiger partial charge on any atom is 0.141 e. The number of aromatic nitrogens is 2. The molecule has 64 heavy (non-hydrogen) atoms. The molecule has 10 heteroatoms. The highest BCUT2D eigenvalue weighted by Crippen LogP contribution is 2.41. The molecule has 294 valence electrons. The first-order valence-electron chi connectivity index (χ1n) is 22.4. The Morgan fingerprint density at radius 3 is 1.73 bits per heavy atom. The monoisotopic (exact) mass is 826 g/mol. The van der Waals surface area contributed by atoms with Crippen molar-refractivity contribution in [3.63, 3.8) is 0 Å². The zero-order valence-electron chi connectivity index (χ0n) is 37.4. The molecule has 0 amide bonds. The molecule has 0 saturated heterocycles. The van der Waals surface area contributed by atoms with Crippen LogP contribution in [0.3, 0.4) is 0 Å². The number of thiophene rings is 1. The molecule has 2 nitrogen and oxygen atoms in total. The van der Waals surface area contributed by atoms with Crippen LogP contribution in [0.25, 0.3) is 109 Å². The topological polar surface area (TPSA) is 9.86 Å². The van der Waals surface area contributed by atoms with Gasteiger partial charge in [0.1, 0.15) is 54.9 Å². The van der Waals surface area contributed by atoms with Gasteiger partial charge in [-0.15, -0.1) is 16.8 Å². The van der Waals surface area contributed by atoms with Crippen LogP contribution in [0, 0.1) is 0 Å². The van der Waals surface area contributed by atoms with Gasteiger partial charge in [0.2, 0.25) is 0 Å². The fourth-order valence-corrected chi connectivity index (χ4v) is 12.2. The smallest absolute Gasteiger partial charge is 0.141 e. The molecule has 0 spiro atoms. The van der Waals surface area contributed by atoms with Gasteiger partial charge in [-0.2, -0.15) is 0 Å². The van der Waals surface area contributed by atoms with Gasteiger partial charge in [-0.25, -0.2) is 0 Å². The van der Waals surface area contributed by atoms with Crippen LogP contribution in [0.2, 0.25) is 0 Å². The number of hydrogen-bond acceptors (Lipinski definition) is 1. The maximum atomic E-state index is 2.61. The van der Waals surface area contributed by atoms with Crippen molar-refractivity contribution in [2.24, 2.45) is 0 Å². The van der Waals surface area contributed by atoms with E-state index in [1.165, 1.54) is 141 Å². The predicted octanol–water partition coefficient (Wildman–Crippen LogP) is 3.06. The summed E-state index contributed by atoms with van der Waals surface area (Å²) in [6.45, 7) is 0. The fraction of sp³-hybridized carbons (Fsp3) is 0. The van der Waals surface area contributed by atoms with Crippen molar-refractivity contribution < 1.29 is 0 Å². The Morgan fingerprint density at radius 2 is 0.953 bits per heavy atom. The molecule has 0 radical (unpaired) electrons. The van der Waals surface area contributed by atoms with Crippen molar-refractivity contribution in [3.05, 3.63) is 164 Å². The first kappa shape index (κ1) is 38.9. The van der Waals surface area contributed by atoms with Crippen LogP contribution in [0.1, 0.15) is 0 Å². The third kappa shape index (κ3) is 5.61. The maximum absolute atomic E-state index is 2.61. The van der Waals surface area contributed by atoms with E-state index < -0.39 is 0 Å². The van der Waals surface area contributed by atoms with Gasteiger partial charge in [-0.1, -0.05) is 148 Å². The van der Waals surface area contributed by atoms with Gasteiger partial charge in [-0.3, -0.25) is 0 Å². The summed E-state index contributed by atoms with van der Waals surface area (Å²) in [7, 11) is 16.4. The third-order valence-corrected chi connectivity index (χ3v) is 15.8. The highest BCUT2D eigenvalue weighted by Gasteiger charge is 2.26. The largest absolute Gasteiger partial charge is 0.310 e. The summed E-state index contributed by atoms with van der Waals surface area (Å²) < 4.78 is 7.73. The first-order valence-corrected chi connectivity index (χ1v) is 23.3. The molecular formula is C54H41B7N2S. The molecule has 0 N–H and O–H groups in total. The van der Waals surface area contributed by atoms with Crippen LogP contribution in [0.5, 0.6) is 0 Å². The van der Waals surface area contributed by atoms with Crippen molar-refractivity contribution in [1.82, 2.24) is 9.13 Å². The van der Waals surface area contributed by atoms with E-state index >= 15 is 0 Å². The summed E-state index contributed by atoms with van der Waals surface area (Å²) in [6, 6.07) is 60.6. The molecule has 0 fully saturated rings. The number of nitrogens with zero attached hydrogens (tertiary/aromatic N) is 2. The minimum Gasteiger partial charge on any atom is -0.310 e. The quantitative estimate of drug-likeness (QED) is 0.237. The van der Waals surface area contributed by atoms with Crippen LogP contribution >= 0.6 is 11.3 Å². The van der Waals surface area contributed by atoms with Crippen molar-refractivity contribution in [2.75, 3.05) is 0 Å². The second-order valence-corrected chi connectivity index (χ2v) is 18.9. The van der Waals surface area contributed by atoms with E-state index in [1.807, 2.05) is 11.3 Å². The highest BCUT2D eigenvalue weighted by atomic mass is 32.1. The van der Waals surface area contributed by atoms with Gasteiger partial charge in [-0.05, 0) is 87.3 Å². The molecule has 0 atom stereocenters. The van der Waals surface area contributed by atoms with Crippen molar-refractivity contribution in [1.29, 1.82) is 0 Å². The molecule has 0 bridgehead atoms. The van der Waals surface area contributed by atoms with E-state index in [9.17, 15) is 0 Å². The number of rotatable bonds is 5. The summed E-state index contributed by atoms with van der Waals surface area (Å²) in [5.41, 5.74) is 24.3. The van der Waals surface area contributed by atoms with Gasteiger partial charge in [0.15, 0.2) is 0 Å². The fourth-order valence-electron chi connectivity index (χ4n) is 11.1. The molecule has 12 rings (SSSR count). The van der Waals surface area contributed by atoms with E-state index in [-0.39, 0.29) is 0 Å². The van der Waals surface area contributed by atoms with Crippen molar-refractivity contribution in [2.45, 2.75) is 0 Å². The molecule has 3 aromatic heterocycles. The first-order chi connectivity index (χ1) is 31.2. The van der Waals surface area contributed by atoms with Crippen molar-refractivity contribution >= 4 is 168 Å². The zero-order chi connectivity index (χ0) is 43.5. The summed E-state index contributed by atoms with van der Waals surface area (Å²) in [5.74, 6) is 0. The van der Waals surface area contributed by atoms with E-state index in [4.69, 9.17) is 0 Å². The van der Waals surface area contributed by atoms with Crippen LogP contribution in [-0.4, -0.2) is 64.1 Å². The minimum absolute atomic E-state index is 1.15. The van der Waals surface area contributed by atoms with E-state index in [1.54, 1.807) is 0 Å². The molecule has 0 aliphatic heterocycles. The predicted molar refractivity (Wildman–Crippen MR) is 302 cm³/mol. The molecule has 0 saturated carbocycles. The summed E-state index contributed by atoms with van der Waals surface area (Å²) >= 11 is 1.89. The normalized spacial score (nSPS) is 11.9. The van der Waals surface area contributed by atoms with Crippen molar-refractivity contribution in [3.8, 4) is 44.8 Å². The number of hydrogen-bond donors (Lipinski definition) is 0. The SMILES string of the molecule is Bc1c(B)c(B)c2c(c1B)c1c(B)c(-c3ccc4c(c3)c3c(-c5ccccc5)cccc3n4-c3cccc(-c4ccccc4)c3)c(B)c(B)c1n2-c1ccc2c(c1)sc1ccccc12. The van der Waals surface area contributed by atoms with Gasteiger partial charge in [0, 0.05) is 58.7 Å². The summed E-state index contributed by atoms with van der Waals surface area (Å²) in [5, 5.41) is 7.92. The van der Waals surface area contributed by atoms with Crippen LogP contribution in [0.15, 0.2) is 164 Å². The highest BCUT2D eigenvalue weighted by molar-refractivity contribution is 7.25. The third-order valence-electron chi connectivity index (χ3n) is 14.6. The zero-order valence-corrected chi connectivity index (χ0v) is 38.2. The lowest BCUT2D eigenvalue weighted by molar-refractivity contribution is 1.18. The molecule has 0 unspecified atom stereocenters. The van der Waals surface area contributed by atoms with Crippen LogP contribution in [-0.2, 0) is 0 Å². The average Bonchev–Trinajstić information content (AvgIpc) is 4.01. The van der Waals surface area contributed by atoms with Gasteiger partial charge in [0.25, 0.3) is 0 Å². The Balaban J connectivity index is 1.15. The molecule has 9 aromatic carbocycles. The van der Waals surface area contributed by atoms with Gasteiger partial charge < -0.3 is 9.13 Å². The lowest BCUT2D eigenvalue weighted by Gasteiger charge is -2.19. The lowest BCUT2D eigenvalue weighted by atomic mass is 9.64. The van der Waals surface area contributed by atoms with Crippen LogP contribution in [0.4, 0.5) is 0 Å². The Bertz CT molecular complexity index is 3930. The Labute approximate surface area is 383 Å². The Kier molecular flexibility index (Phi) is 8.91. The number of fused-ring (bicyclic) bond motifs is 9. The Morgan fingerprint density at radius 1 is 0.328 bits per heavy atom. The second kappa shape index (κ2) is 14.7. The van der Waals surface area contributed by atoms with E-state index in [0.717, 1.165) is 5.69 Å². The standard InChI is InChI=1S/C54H41B7N2S/c55-46-42(47(56)51(60)53-44(46)45-48(57)49(58)50(59)52(61)54(45)63(53)33-22-23-36-35-17-7-8-20-40(35)64-41(36)27-33)31-21-24-38-37(26-31)43-34(29-13-5-2-6-14-29)18-10-19-39(43)62(38)32-16-9-15-30(25-32)28-11-3-1-4-12-28/h1-27H,55-61H2. The van der Waals surface area contributed by atoms with Gasteiger partial charge in [0.05, 0.1) is 11.0 Å². The molecule has 12 aromatic rings. The van der Waals surface area contributed by atoms with E-state index in [0.29, 0.717) is 0 Å². The minimum atomic E-state index is 1.15. The Hall–Kier alpha value is -6.75. The molecule has 0 aliphatic rings. The average molecular weight is 826 g/mol. The summed E-state index contributed by atoms with van der Waals surface area (Å²) in [4.78, 5) is 0. The second-order valence-electron chi connectivity index (χ2n) is 17.9.